The molecule has 74 valence electrons. The van der Waals surface area contributed by atoms with Crippen molar-refractivity contribution in [3.63, 3.8) is 0 Å². The first kappa shape index (κ1) is 8.99. The van der Waals surface area contributed by atoms with E-state index in [9.17, 15) is 9.59 Å². The van der Waals surface area contributed by atoms with E-state index in [0.717, 1.165) is 5.56 Å². The maximum absolute atomic E-state index is 11.7. The number of fused-ring (bicyclic) bond motifs is 1. The summed E-state index contributed by atoms with van der Waals surface area (Å²) in [4.78, 5) is 22.9. The highest BCUT2D eigenvalue weighted by molar-refractivity contribution is 6.08. The number of Topliss-reactive ketones (excluding diaryl/α,β-unsaturated/α-hetero) is 1. The first-order chi connectivity index (χ1) is 6.74. The van der Waals surface area contributed by atoms with Gasteiger partial charge >= 0.3 is 5.97 Å². The minimum Gasteiger partial charge on any atom is -0.468 e. The summed E-state index contributed by atoms with van der Waals surface area (Å²) >= 11 is 0. The number of rotatable bonds is 1. The summed E-state index contributed by atoms with van der Waals surface area (Å²) in [7, 11) is 1.28. The van der Waals surface area contributed by atoms with Gasteiger partial charge < -0.3 is 9.15 Å². The van der Waals surface area contributed by atoms with Gasteiger partial charge in [-0.05, 0) is 18.9 Å². The van der Waals surface area contributed by atoms with Crippen LogP contribution in [0.2, 0.25) is 0 Å². The second-order valence-corrected chi connectivity index (χ2v) is 3.25. The lowest BCUT2D eigenvalue weighted by molar-refractivity contribution is -0.143. The van der Waals surface area contributed by atoms with Crippen molar-refractivity contribution in [1.82, 2.24) is 0 Å². The number of hydrogen-bond donors (Lipinski definition) is 0. The number of carbonyl (C=O) groups excluding carboxylic acids is 2. The molecule has 0 saturated heterocycles. The SMILES string of the molecule is COC(=O)C1CCc2ccoc2C1=O. The zero-order valence-electron chi connectivity index (χ0n) is 7.78. The van der Waals surface area contributed by atoms with Gasteiger partial charge in [0.25, 0.3) is 0 Å². The Hall–Kier alpha value is -1.58. The molecule has 0 bridgehead atoms. The van der Waals surface area contributed by atoms with Crippen LogP contribution in [-0.4, -0.2) is 18.9 Å². The number of carbonyl (C=O) groups is 2. The van der Waals surface area contributed by atoms with E-state index in [2.05, 4.69) is 4.74 Å². The van der Waals surface area contributed by atoms with Gasteiger partial charge in [0.2, 0.25) is 5.78 Å². The largest absolute Gasteiger partial charge is 0.468 e. The molecule has 1 aromatic heterocycles. The molecule has 1 aromatic rings. The van der Waals surface area contributed by atoms with Crippen LogP contribution in [0.1, 0.15) is 22.5 Å². The smallest absolute Gasteiger partial charge is 0.316 e. The molecule has 0 N–H and O–H groups in total. The zero-order valence-corrected chi connectivity index (χ0v) is 7.78. The van der Waals surface area contributed by atoms with Gasteiger partial charge in [-0.25, -0.2) is 0 Å². The predicted molar refractivity (Wildman–Crippen MR) is 46.9 cm³/mol. The highest BCUT2D eigenvalue weighted by Gasteiger charge is 2.35. The number of ketones is 1. The lowest BCUT2D eigenvalue weighted by atomic mass is 9.87. The average molecular weight is 194 g/mol. The van der Waals surface area contributed by atoms with Crippen LogP contribution in [0.4, 0.5) is 0 Å². The van der Waals surface area contributed by atoms with E-state index in [4.69, 9.17) is 4.42 Å². The molecule has 0 aliphatic heterocycles. The molecular formula is C10H10O4. The number of hydrogen-bond acceptors (Lipinski definition) is 4. The first-order valence-corrected chi connectivity index (χ1v) is 4.42. The van der Waals surface area contributed by atoms with E-state index in [1.54, 1.807) is 6.07 Å². The lowest BCUT2D eigenvalue weighted by Gasteiger charge is -2.17. The second kappa shape index (κ2) is 3.29. The standard InChI is InChI=1S/C10H10O4/c1-13-10(12)7-3-2-6-4-5-14-9(6)8(7)11/h4-5,7H,2-3H2,1H3. The van der Waals surface area contributed by atoms with Crippen LogP contribution in [0.15, 0.2) is 16.7 Å². The van der Waals surface area contributed by atoms with Crippen LogP contribution >= 0.6 is 0 Å². The van der Waals surface area contributed by atoms with Crippen molar-refractivity contribution < 1.29 is 18.7 Å². The van der Waals surface area contributed by atoms with E-state index < -0.39 is 11.9 Å². The van der Waals surface area contributed by atoms with Crippen molar-refractivity contribution in [2.75, 3.05) is 7.11 Å². The van der Waals surface area contributed by atoms with Gasteiger partial charge in [0.05, 0.1) is 13.4 Å². The molecule has 0 fully saturated rings. The Morgan fingerprint density at radius 3 is 3.14 bits per heavy atom. The summed E-state index contributed by atoms with van der Waals surface area (Å²) in [5.74, 6) is -1.11. The molecule has 2 rings (SSSR count). The Morgan fingerprint density at radius 1 is 1.64 bits per heavy atom. The Balaban J connectivity index is 2.30. The topological polar surface area (TPSA) is 56.5 Å². The molecule has 14 heavy (non-hydrogen) atoms. The van der Waals surface area contributed by atoms with Crippen LogP contribution in [0.5, 0.6) is 0 Å². The summed E-state index contributed by atoms with van der Waals surface area (Å²) in [5, 5.41) is 0. The van der Waals surface area contributed by atoms with Gasteiger partial charge in [-0.2, -0.15) is 0 Å². The van der Waals surface area contributed by atoms with Crippen LogP contribution < -0.4 is 0 Å². The van der Waals surface area contributed by atoms with E-state index in [-0.39, 0.29) is 5.78 Å². The molecule has 0 amide bonds. The molecule has 1 aliphatic carbocycles. The highest BCUT2D eigenvalue weighted by atomic mass is 16.5. The molecule has 0 spiro atoms. The summed E-state index contributed by atoms with van der Waals surface area (Å²) in [5.41, 5.74) is 0.884. The number of furan rings is 1. The maximum Gasteiger partial charge on any atom is 0.316 e. The van der Waals surface area contributed by atoms with Gasteiger partial charge in [-0.1, -0.05) is 0 Å². The molecule has 4 nitrogen and oxygen atoms in total. The fourth-order valence-electron chi connectivity index (χ4n) is 1.71. The van der Waals surface area contributed by atoms with E-state index in [0.29, 0.717) is 18.6 Å². The minimum atomic E-state index is -0.682. The predicted octanol–water partition coefficient (Wildman–Crippen LogP) is 1.20. The minimum absolute atomic E-state index is 0.261. The summed E-state index contributed by atoms with van der Waals surface area (Å²) in [6, 6.07) is 1.76. The molecule has 0 saturated carbocycles. The van der Waals surface area contributed by atoms with Crippen molar-refractivity contribution in [2.24, 2.45) is 5.92 Å². The first-order valence-electron chi connectivity index (χ1n) is 4.42. The Bertz CT molecular complexity index is 377. The lowest BCUT2D eigenvalue weighted by Crippen LogP contribution is -2.29. The van der Waals surface area contributed by atoms with Crippen molar-refractivity contribution in [1.29, 1.82) is 0 Å². The second-order valence-electron chi connectivity index (χ2n) is 3.25. The fraction of sp³-hybridized carbons (Fsp3) is 0.400. The zero-order chi connectivity index (χ0) is 10.1. The van der Waals surface area contributed by atoms with Crippen molar-refractivity contribution in [3.05, 3.63) is 23.7 Å². The number of methoxy groups -OCH3 is 1. The van der Waals surface area contributed by atoms with Crippen LogP contribution in [0.3, 0.4) is 0 Å². The normalized spacial score (nSPS) is 20.4. The number of esters is 1. The molecule has 0 aromatic carbocycles. The van der Waals surface area contributed by atoms with Gasteiger partial charge in [0.15, 0.2) is 5.76 Å². The molecule has 1 aliphatic rings. The monoisotopic (exact) mass is 194 g/mol. The van der Waals surface area contributed by atoms with Gasteiger partial charge in [0.1, 0.15) is 5.92 Å². The summed E-state index contributed by atoms with van der Waals surface area (Å²) in [6.07, 6.45) is 2.68. The Labute approximate surface area is 80.8 Å². The van der Waals surface area contributed by atoms with Crippen molar-refractivity contribution >= 4 is 11.8 Å². The van der Waals surface area contributed by atoms with Crippen molar-refractivity contribution in [3.8, 4) is 0 Å². The molecule has 0 radical (unpaired) electrons. The van der Waals surface area contributed by atoms with Crippen LogP contribution in [0.25, 0.3) is 0 Å². The maximum atomic E-state index is 11.7. The molecule has 1 atom stereocenters. The third kappa shape index (κ3) is 1.23. The molecule has 4 heteroatoms. The fourth-order valence-corrected chi connectivity index (χ4v) is 1.71. The summed E-state index contributed by atoms with van der Waals surface area (Å²) in [6.45, 7) is 0. The van der Waals surface area contributed by atoms with E-state index >= 15 is 0 Å². The highest BCUT2D eigenvalue weighted by Crippen LogP contribution is 2.26. The van der Waals surface area contributed by atoms with Crippen LogP contribution in [0, 0.1) is 5.92 Å². The van der Waals surface area contributed by atoms with Gasteiger partial charge in [0, 0.05) is 5.56 Å². The average Bonchev–Trinajstić information content (AvgIpc) is 2.66. The van der Waals surface area contributed by atoms with Crippen LogP contribution in [-0.2, 0) is 16.0 Å². The molecule has 1 unspecified atom stereocenters. The van der Waals surface area contributed by atoms with E-state index in [1.165, 1.54) is 13.4 Å². The third-order valence-corrected chi connectivity index (χ3v) is 2.48. The molecule has 1 heterocycles. The third-order valence-electron chi connectivity index (χ3n) is 2.48. The number of ether oxygens (including phenoxy) is 1. The van der Waals surface area contributed by atoms with Crippen molar-refractivity contribution in [2.45, 2.75) is 12.8 Å². The quantitative estimate of drug-likeness (QED) is 0.498. The number of aryl methyl sites for hydroxylation is 1. The Morgan fingerprint density at radius 2 is 2.43 bits per heavy atom. The Kier molecular flexibility index (Phi) is 2.11. The van der Waals surface area contributed by atoms with E-state index in [1.807, 2.05) is 0 Å². The summed E-state index contributed by atoms with van der Waals surface area (Å²) < 4.78 is 9.59. The van der Waals surface area contributed by atoms with Gasteiger partial charge in [-0.3, -0.25) is 9.59 Å². The molecular weight excluding hydrogens is 184 g/mol. The van der Waals surface area contributed by atoms with Gasteiger partial charge in [-0.15, -0.1) is 0 Å².